The van der Waals surface area contributed by atoms with Gasteiger partial charge in [-0.15, -0.1) is 11.8 Å². The van der Waals surface area contributed by atoms with Gasteiger partial charge in [0.15, 0.2) is 0 Å². The highest BCUT2D eigenvalue weighted by molar-refractivity contribution is 7.98. The third-order valence-corrected chi connectivity index (χ3v) is 5.77. The van der Waals surface area contributed by atoms with E-state index < -0.39 is 5.92 Å². The highest BCUT2D eigenvalue weighted by Crippen LogP contribution is 2.35. The van der Waals surface area contributed by atoms with Gasteiger partial charge in [-0.1, -0.05) is 42.0 Å². The molecule has 0 bridgehead atoms. The van der Waals surface area contributed by atoms with Gasteiger partial charge >= 0.3 is 0 Å². The van der Waals surface area contributed by atoms with Crippen molar-refractivity contribution >= 4 is 29.3 Å². The summed E-state index contributed by atoms with van der Waals surface area (Å²) in [5.74, 6) is -1.14. The van der Waals surface area contributed by atoms with E-state index in [2.05, 4.69) is 5.32 Å². The molecule has 2 aromatic carbocycles. The van der Waals surface area contributed by atoms with Crippen molar-refractivity contribution in [2.24, 2.45) is 5.92 Å². The molecular formula is C21H24N2O2S. The van der Waals surface area contributed by atoms with Crippen LogP contribution >= 0.6 is 11.8 Å². The number of nitrogens with zero attached hydrogens (tertiary/aromatic N) is 1. The number of rotatable bonds is 4. The number of anilines is 1. The van der Waals surface area contributed by atoms with Gasteiger partial charge in [0.2, 0.25) is 11.8 Å². The van der Waals surface area contributed by atoms with E-state index in [1.54, 1.807) is 23.7 Å². The summed E-state index contributed by atoms with van der Waals surface area (Å²) < 4.78 is 0. The number of carbonyl (C=O) groups excluding carboxylic acids is 2. The maximum absolute atomic E-state index is 13.1. The van der Waals surface area contributed by atoms with Crippen molar-refractivity contribution in [1.29, 1.82) is 0 Å². The Labute approximate surface area is 159 Å². The Morgan fingerprint density at radius 2 is 1.85 bits per heavy atom. The molecule has 2 amide bonds. The average Bonchev–Trinajstić information content (AvgIpc) is 2.65. The van der Waals surface area contributed by atoms with Crippen molar-refractivity contribution < 1.29 is 9.59 Å². The molecule has 1 heterocycles. The molecule has 1 N–H and O–H groups in total. The highest BCUT2D eigenvalue weighted by Gasteiger charge is 2.41. The Hall–Kier alpha value is -2.27. The van der Waals surface area contributed by atoms with Crippen LogP contribution in [0.4, 0.5) is 5.69 Å². The highest BCUT2D eigenvalue weighted by atomic mass is 32.2. The molecule has 0 saturated carbocycles. The predicted octanol–water partition coefficient (Wildman–Crippen LogP) is 3.92. The van der Waals surface area contributed by atoms with Gasteiger partial charge < -0.3 is 10.2 Å². The van der Waals surface area contributed by atoms with Gasteiger partial charge in [-0.3, -0.25) is 9.59 Å². The number of amides is 2. The molecule has 136 valence electrons. The molecule has 1 fully saturated rings. The van der Waals surface area contributed by atoms with Crippen LogP contribution in [-0.2, 0) is 9.59 Å². The van der Waals surface area contributed by atoms with E-state index in [4.69, 9.17) is 0 Å². The van der Waals surface area contributed by atoms with Crippen molar-refractivity contribution in [2.45, 2.75) is 24.2 Å². The average molecular weight is 369 g/mol. The Morgan fingerprint density at radius 3 is 2.54 bits per heavy atom. The molecular weight excluding hydrogens is 344 g/mol. The number of hydrogen-bond acceptors (Lipinski definition) is 3. The zero-order valence-electron chi connectivity index (χ0n) is 15.4. The summed E-state index contributed by atoms with van der Waals surface area (Å²) in [6.07, 6.45) is 2.76. The zero-order chi connectivity index (χ0) is 18.7. The van der Waals surface area contributed by atoms with E-state index in [-0.39, 0.29) is 17.7 Å². The lowest BCUT2D eigenvalue weighted by atomic mass is 9.79. The van der Waals surface area contributed by atoms with Crippen LogP contribution in [0.1, 0.15) is 23.5 Å². The van der Waals surface area contributed by atoms with Crippen LogP contribution in [-0.4, -0.2) is 36.6 Å². The summed E-state index contributed by atoms with van der Waals surface area (Å²) in [5, 5.41) is 2.99. The minimum Gasteiger partial charge on any atom is -0.345 e. The fraction of sp³-hybridized carbons (Fsp3) is 0.333. The van der Waals surface area contributed by atoms with Crippen molar-refractivity contribution in [3.8, 4) is 0 Å². The van der Waals surface area contributed by atoms with Crippen molar-refractivity contribution in [3.63, 3.8) is 0 Å². The van der Waals surface area contributed by atoms with Crippen LogP contribution in [0.5, 0.6) is 0 Å². The third-order valence-electron chi connectivity index (χ3n) is 4.97. The monoisotopic (exact) mass is 368 g/mol. The number of hydrogen-bond donors (Lipinski definition) is 1. The first kappa shape index (κ1) is 18.5. The van der Waals surface area contributed by atoms with Gasteiger partial charge in [0, 0.05) is 24.4 Å². The second kappa shape index (κ2) is 7.96. The largest absolute Gasteiger partial charge is 0.345 e. The topological polar surface area (TPSA) is 49.4 Å². The summed E-state index contributed by atoms with van der Waals surface area (Å²) >= 11 is 1.57. The molecule has 5 heteroatoms. The van der Waals surface area contributed by atoms with Crippen LogP contribution in [0.2, 0.25) is 0 Å². The standard InChI is InChI=1S/C21H24N2O2S/c1-14-8-10-15(11-9-14)16-12-13-23(2)21(25)19(16)20(24)22-17-6-4-5-7-18(17)26-3/h4-11,16,19H,12-13H2,1-3H3,(H,22,24)/t16-,19+/m1/s1. The minimum absolute atomic E-state index is 0.0965. The summed E-state index contributed by atoms with van der Waals surface area (Å²) in [5.41, 5.74) is 2.98. The SMILES string of the molecule is CSc1ccccc1NC(=O)[C@H]1C(=O)N(C)CC[C@@H]1c1ccc(C)cc1. The number of para-hydroxylation sites is 1. The molecule has 4 nitrogen and oxygen atoms in total. The molecule has 0 aliphatic carbocycles. The Kier molecular flexibility index (Phi) is 5.67. The summed E-state index contributed by atoms with van der Waals surface area (Å²) in [7, 11) is 1.77. The number of aryl methyl sites for hydroxylation is 1. The number of benzene rings is 2. The number of piperidine rings is 1. The molecule has 0 unspecified atom stereocenters. The van der Waals surface area contributed by atoms with Gasteiger partial charge in [-0.2, -0.15) is 0 Å². The van der Waals surface area contributed by atoms with Gasteiger partial charge in [0.1, 0.15) is 5.92 Å². The van der Waals surface area contributed by atoms with E-state index in [1.807, 2.05) is 61.7 Å². The van der Waals surface area contributed by atoms with Crippen LogP contribution < -0.4 is 5.32 Å². The Morgan fingerprint density at radius 1 is 1.15 bits per heavy atom. The molecule has 1 aliphatic rings. The minimum atomic E-state index is -0.702. The fourth-order valence-electron chi connectivity index (χ4n) is 3.45. The molecule has 1 aliphatic heterocycles. The maximum atomic E-state index is 13.1. The summed E-state index contributed by atoms with van der Waals surface area (Å²) in [6, 6.07) is 15.8. The van der Waals surface area contributed by atoms with Crippen molar-refractivity contribution in [1.82, 2.24) is 4.90 Å². The number of carbonyl (C=O) groups is 2. The number of nitrogens with one attached hydrogen (secondary N) is 1. The van der Waals surface area contributed by atoms with E-state index in [1.165, 1.54) is 5.56 Å². The zero-order valence-corrected chi connectivity index (χ0v) is 16.2. The molecule has 0 aromatic heterocycles. The second-order valence-electron chi connectivity index (χ2n) is 6.73. The van der Waals surface area contributed by atoms with E-state index >= 15 is 0 Å². The first-order valence-corrected chi connectivity index (χ1v) is 9.99. The Bertz CT molecular complexity index is 804. The lowest BCUT2D eigenvalue weighted by molar-refractivity contribution is -0.143. The first-order chi connectivity index (χ1) is 12.5. The van der Waals surface area contributed by atoms with E-state index in [0.717, 1.165) is 22.6 Å². The fourth-order valence-corrected chi connectivity index (χ4v) is 4.00. The lowest BCUT2D eigenvalue weighted by Gasteiger charge is -2.35. The van der Waals surface area contributed by atoms with Gasteiger partial charge in [-0.05, 0) is 37.3 Å². The quantitative estimate of drug-likeness (QED) is 0.657. The third kappa shape index (κ3) is 3.78. The summed E-state index contributed by atoms with van der Waals surface area (Å²) in [4.78, 5) is 28.5. The predicted molar refractivity (Wildman–Crippen MR) is 107 cm³/mol. The van der Waals surface area contributed by atoms with Crippen LogP contribution in [0.25, 0.3) is 0 Å². The molecule has 3 rings (SSSR count). The molecule has 2 aromatic rings. The van der Waals surface area contributed by atoms with Crippen molar-refractivity contribution in [2.75, 3.05) is 25.2 Å². The van der Waals surface area contributed by atoms with Gasteiger partial charge in [0.05, 0.1) is 5.69 Å². The normalized spacial score (nSPS) is 20.1. The van der Waals surface area contributed by atoms with Crippen molar-refractivity contribution in [3.05, 3.63) is 59.7 Å². The smallest absolute Gasteiger partial charge is 0.237 e. The Balaban J connectivity index is 1.90. The maximum Gasteiger partial charge on any atom is 0.237 e. The molecule has 1 saturated heterocycles. The van der Waals surface area contributed by atoms with E-state index in [0.29, 0.717) is 6.54 Å². The molecule has 0 radical (unpaired) electrons. The van der Waals surface area contributed by atoms with Gasteiger partial charge in [0.25, 0.3) is 0 Å². The van der Waals surface area contributed by atoms with Gasteiger partial charge in [-0.25, -0.2) is 0 Å². The molecule has 2 atom stereocenters. The second-order valence-corrected chi connectivity index (χ2v) is 7.58. The molecule has 26 heavy (non-hydrogen) atoms. The van der Waals surface area contributed by atoms with E-state index in [9.17, 15) is 9.59 Å². The lowest BCUT2D eigenvalue weighted by Crippen LogP contribution is -2.47. The first-order valence-electron chi connectivity index (χ1n) is 8.76. The molecule has 0 spiro atoms. The summed E-state index contributed by atoms with van der Waals surface area (Å²) in [6.45, 7) is 2.70. The number of likely N-dealkylation sites (tertiary alicyclic amines) is 1. The van der Waals surface area contributed by atoms with Crippen LogP contribution in [0.15, 0.2) is 53.4 Å². The van der Waals surface area contributed by atoms with Crippen LogP contribution in [0, 0.1) is 12.8 Å². The van der Waals surface area contributed by atoms with Crippen LogP contribution in [0.3, 0.4) is 0 Å². The number of thioether (sulfide) groups is 1.